The largest absolute Gasteiger partial charge is 0.393 e. The summed E-state index contributed by atoms with van der Waals surface area (Å²) in [6.07, 6.45) is 2.63. The van der Waals surface area contributed by atoms with Gasteiger partial charge in [-0.1, -0.05) is 13.0 Å². The van der Waals surface area contributed by atoms with Gasteiger partial charge >= 0.3 is 6.03 Å². The molecule has 1 fully saturated rings. The number of benzene rings is 1. The van der Waals surface area contributed by atoms with Gasteiger partial charge in [0, 0.05) is 38.1 Å². The molecule has 1 atom stereocenters. The van der Waals surface area contributed by atoms with Crippen LogP contribution in [0.5, 0.6) is 0 Å². The van der Waals surface area contributed by atoms with Gasteiger partial charge < -0.3 is 20.2 Å². The van der Waals surface area contributed by atoms with Crippen molar-refractivity contribution in [1.82, 2.24) is 4.90 Å². The Labute approximate surface area is 139 Å². The van der Waals surface area contributed by atoms with Gasteiger partial charge in [0.15, 0.2) is 0 Å². The molecule has 1 unspecified atom stereocenters. The minimum Gasteiger partial charge on any atom is -0.393 e. The number of urea groups is 1. The van der Waals surface area contributed by atoms with Gasteiger partial charge in [0.1, 0.15) is 0 Å². The number of carbonyl (C=O) groups is 1. The quantitative estimate of drug-likeness (QED) is 0.876. The second-order valence-electron chi connectivity index (χ2n) is 6.71. The summed E-state index contributed by atoms with van der Waals surface area (Å²) in [5, 5.41) is 12.2. The fourth-order valence-corrected chi connectivity index (χ4v) is 2.75. The van der Waals surface area contributed by atoms with E-state index in [4.69, 9.17) is 0 Å². The molecule has 0 aromatic heterocycles. The lowest BCUT2D eigenvalue weighted by molar-refractivity contribution is 0.167. The lowest BCUT2D eigenvalue weighted by atomic mass is 9.99. The number of hydrogen-bond donors (Lipinski definition) is 2. The van der Waals surface area contributed by atoms with E-state index in [0.29, 0.717) is 13.0 Å². The maximum atomic E-state index is 12.2. The molecule has 5 heteroatoms. The molecule has 1 aliphatic heterocycles. The third-order valence-electron chi connectivity index (χ3n) is 4.48. The van der Waals surface area contributed by atoms with Gasteiger partial charge in [-0.3, -0.25) is 0 Å². The molecule has 2 amide bonds. The molecule has 1 aliphatic rings. The molecule has 2 rings (SSSR count). The highest BCUT2D eigenvalue weighted by atomic mass is 16.3. The Morgan fingerprint density at radius 2 is 2.13 bits per heavy atom. The lowest BCUT2D eigenvalue weighted by Gasteiger charge is -2.32. The van der Waals surface area contributed by atoms with Crippen LogP contribution in [0.4, 0.5) is 16.2 Å². The van der Waals surface area contributed by atoms with Crippen LogP contribution in [0.2, 0.25) is 0 Å². The normalized spacial score (nSPS) is 17.0. The Balaban J connectivity index is 1.93. The first-order chi connectivity index (χ1) is 11.0. The second-order valence-corrected chi connectivity index (χ2v) is 6.71. The number of aliphatic hydroxyl groups excluding tert-OH is 1. The van der Waals surface area contributed by atoms with Crippen molar-refractivity contribution in [3.63, 3.8) is 0 Å². The molecule has 2 N–H and O–H groups in total. The number of anilines is 2. The minimum absolute atomic E-state index is 0.143. The second kappa shape index (κ2) is 8.20. The van der Waals surface area contributed by atoms with E-state index >= 15 is 0 Å². The zero-order chi connectivity index (χ0) is 16.8. The van der Waals surface area contributed by atoms with E-state index in [0.717, 1.165) is 24.7 Å². The van der Waals surface area contributed by atoms with Crippen LogP contribution in [0, 0.1) is 5.92 Å². The molecule has 1 saturated heterocycles. The van der Waals surface area contributed by atoms with Crippen molar-refractivity contribution in [3.05, 3.63) is 24.3 Å². The van der Waals surface area contributed by atoms with E-state index in [-0.39, 0.29) is 6.03 Å². The number of hydrogen-bond acceptors (Lipinski definition) is 3. The summed E-state index contributed by atoms with van der Waals surface area (Å²) < 4.78 is 0. The number of carbonyl (C=O) groups excluding carboxylic acids is 1. The highest BCUT2D eigenvalue weighted by molar-refractivity contribution is 5.89. The number of amides is 2. The van der Waals surface area contributed by atoms with Gasteiger partial charge in [-0.05, 0) is 50.3 Å². The lowest BCUT2D eigenvalue weighted by Crippen LogP contribution is -2.34. The molecule has 0 spiro atoms. The van der Waals surface area contributed by atoms with Crippen molar-refractivity contribution in [2.75, 3.05) is 36.9 Å². The molecule has 0 saturated carbocycles. The predicted molar refractivity (Wildman–Crippen MR) is 95.0 cm³/mol. The summed E-state index contributed by atoms with van der Waals surface area (Å²) >= 11 is 0. The third-order valence-corrected chi connectivity index (χ3v) is 4.48. The summed E-state index contributed by atoms with van der Waals surface area (Å²) in [6, 6.07) is 7.89. The molecule has 128 valence electrons. The van der Waals surface area contributed by atoms with Crippen LogP contribution in [-0.2, 0) is 0 Å². The first-order valence-electron chi connectivity index (χ1n) is 8.51. The predicted octanol–water partition coefficient (Wildman–Crippen LogP) is 3.16. The third kappa shape index (κ3) is 5.43. The number of rotatable bonds is 5. The minimum atomic E-state index is -0.393. The summed E-state index contributed by atoms with van der Waals surface area (Å²) in [5.74, 6) is 0.803. The Morgan fingerprint density at radius 1 is 1.43 bits per heavy atom. The van der Waals surface area contributed by atoms with Crippen LogP contribution in [-0.4, -0.2) is 48.8 Å². The van der Waals surface area contributed by atoms with Crippen molar-refractivity contribution in [1.29, 1.82) is 0 Å². The first-order valence-corrected chi connectivity index (χ1v) is 8.51. The van der Waals surface area contributed by atoms with Gasteiger partial charge in [-0.25, -0.2) is 4.79 Å². The van der Waals surface area contributed by atoms with Crippen LogP contribution >= 0.6 is 0 Å². The zero-order valence-electron chi connectivity index (χ0n) is 14.5. The molecule has 23 heavy (non-hydrogen) atoms. The maximum absolute atomic E-state index is 12.2. The maximum Gasteiger partial charge on any atom is 0.321 e. The monoisotopic (exact) mass is 319 g/mol. The van der Waals surface area contributed by atoms with Crippen LogP contribution in [0.25, 0.3) is 0 Å². The summed E-state index contributed by atoms with van der Waals surface area (Å²) in [4.78, 5) is 16.2. The Kier molecular flexibility index (Phi) is 6.28. The van der Waals surface area contributed by atoms with E-state index in [1.165, 1.54) is 18.5 Å². The van der Waals surface area contributed by atoms with E-state index in [1.54, 1.807) is 18.9 Å². The van der Waals surface area contributed by atoms with Crippen molar-refractivity contribution >= 4 is 17.4 Å². The van der Waals surface area contributed by atoms with Crippen molar-refractivity contribution < 1.29 is 9.90 Å². The average Bonchev–Trinajstić information content (AvgIpc) is 2.53. The molecule has 0 bridgehead atoms. The van der Waals surface area contributed by atoms with Crippen LogP contribution < -0.4 is 10.2 Å². The van der Waals surface area contributed by atoms with Gasteiger partial charge in [0.2, 0.25) is 0 Å². The van der Waals surface area contributed by atoms with Gasteiger partial charge in [0.25, 0.3) is 0 Å². The molecular formula is C18H29N3O2. The van der Waals surface area contributed by atoms with Crippen LogP contribution in [0.3, 0.4) is 0 Å². The van der Waals surface area contributed by atoms with Crippen molar-refractivity contribution in [3.8, 4) is 0 Å². The number of nitrogens with zero attached hydrogens (tertiary/aromatic N) is 2. The number of aliphatic hydroxyl groups is 1. The molecule has 0 radical (unpaired) electrons. The van der Waals surface area contributed by atoms with Gasteiger partial charge in [0.05, 0.1) is 6.10 Å². The highest BCUT2D eigenvalue weighted by Crippen LogP contribution is 2.25. The van der Waals surface area contributed by atoms with Crippen LogP contribution in [0.1, 0.15) is 33.1 Å². The Hall–Kier alpha value is -1.75. The van der Waals surface area contributed by atoms with E-state index in [9.17, 15) is 9.90 Å². The fraction of sp³-hybridized carbons (Fsp3) is 0.611. The Morgan fingerprint density at radius 3 is 2.78 bits per heavy atom. The summed E-state index contributed by atoms with van der Waals surface area (Å²) in [5.41, 5.74) is 1.98. The molecule has 5 nitrogen and oxygen atoms in total. The molecule has 1 heterocycles. The van der Waals surface area contributed by atoms with E-state index in [2.05, 4.69) is 23.2 Å². The SMILES string of the molecule is CC(O)CCN(C)C(=O)Nc1cccc(N2CCC(C)CC2)c1. The Bertz CT molecular complexity index is 511. The topological polar surface area (TPSA) is 55.8 Å². The molecular weight excluding hydrogens is 290 g/mol. The zero-order valence-corrected chi connectivity index (χ0v) is 14.5. The first kappa shape index (κ1) is 17.6. The smallest absolute Gasteiger partial charge is 0.321 e. The highest BCUT2D eigenvalue weighted by Gasteiger charge is 2.16. The molecule has 0 aliphatic carbocycles. The van der Waals surface area contributed by atoms with Crippen molar-refractivity contribution in [2.24, 2.45) is 5.92 Å². The van der Waals surface area contributed by atoms with Gasteiger partial charge in [-0.2, -0.15) is 0 Å². The number of piperidine rings is 1. The average molecular weight is 319 g/mol. The molecule has 1 aromatic carbocycles. The van der Waals surface area contributed by atoms with Gasteiger partial charge in [-0.15, -0.1) is 0 Å². The molecule has 1 aromatic rings. The van der Waals surface area contributed by atoms with Crippen molar-refractivity contribution in [2.45, 2.75) is 39.2 Å². The van der Waals surface area contributed by atoms with E-state index in [1.807, 2.05) is 18.2 Å². The van der Waals surface area contributed by atoms with Crippen LogP contribution in [0.15, 0.2) is 24.3 Å². The fourth-order valence-electron chi connectivity index (χ4n) is 2.75. The summed E-state index contributed by atoms with van der Waals surface area (Å²) in [6.45, 7) is 6.72. The summed E-state index contributed by atoms with van der Waals surface area (Å²) in [7, 11) is 1.74. The number of nitrogens with one attached hydrogen (secondary N) is 1. The standard InChI is InChI=1S/C18H29N3O2/c1-14-7-11-21(12-8-14)17-6-4-5-16(13-17)19-18(23)20(3)10-9-15(2)22/h4-6,13-15,22H,7-12H2,1-3H3,(H,19,23). The van der Waals surface area contributed by atoms with E-state index < -0.39 is 6.10 Å².